The SMILES string of the molecule is CCCOc1cccc(NC(=O)c2ccc(OCC3CCCO3)c(Br)c2)c1. The molecule has 0 aliphatic carbocycles. The number of hydrogen-bond donors (Lipinski definition) is 1. The van der Waals surface area contributed by atoms with Gasteiger partial charge in [-0.05, 0) is 65.5 Å². The van der Waals surface area contributed by atoms with Gasteiger partial charge < -0.3 is 19.5 Å². The molecule has 1 fully saturated rings. The lowest BCUT2D eigenvalue weighted by Crippen LogP contribution is -2.16. The minimum atomic E-state index is -0.186. The monoisotopic (exact) mass is 433 g/mol. The number of rotatable bonds is 8. The minimum absolute atomic E-state index is 0.155. The number of anilines is 1. The van der Waals surface area contributed by atoms with Gasteiger partial charge in [0.05, 0.1) is 17.2 Å². The number of halogens is 1. The Labute approximate surface area is 168 Å². The van der Waals surface area contributed by atoms with Gasteiger partial charge in [0.1, 0.15) is 18.1 Å². The van der Waals surface area contributed by atoms with Gasteiger partial charge in [0.2, 0.25) is 0 Å². The highest BCUT2D eigenvalue weighted by Gasteiger charge is 2.17. The lowest BCUT2D eigenvalue weighted by Gasteiger charge is -2.13. The highest BCUT2D eigenvalue weighted by atomic mass is 79.9. The van der Waals surface area contributed by atoms with E-state index >= 15 is 0 Å². The second-order valence-corrected chi connectivity index (χ2v) is 7.28. The molecule has 1 N–H and O–H groups in total. The van der Waals surface area contributed by atoms with Crippen molar-refractivity contribution in [2.75, 3.05) is 25.1 Å². The lowest BCUT2D eigenvalue weighted by molar-refractivity contribution is 0.0677. The van der Waals surface area contributed by atoms with Crippen LogP contribution in [0.25, 0.3) is 0 Å². The van der Waals surface area contributed by atoms with E-state index in [0.717, 1.165) is 36.1 Å². The molecule has 1 amide bonds. The van der Waals surface area contributed by atoms with Crippen LogP contribution in [0.3, 0.4) is 0 Å². The van der Waals surface area contributed by atoms with E-state index in [2.05, 4.69) is 28.2 Å². The van der Waals surface area contributed by atoms with Crippen molar-refractivity contribution in [3.63, 3.8) is 0 Å². The molecule has 5 nitrogen and oxygen atoms in total. The fraction of sp³-hybridized carbons (Fsp3) is 0.381. The highest BCUT2D eigenvalue weighted by Crippen LogP contribution is 2.27. The summed E-state index contributed by atoms with van der Waals surface area (Å²) in [4.78, 5) is 12.5. The topological polar surface area (TPSA) is 56.8 Å². The Bertz CT molecular complexity index is 775. The van der Waals surface area contributed by atoms with Crippen LogP contribution in [0.1, 0.15) is 36.5 Å². The Morgan fingerprint density at radius 1 is 1.26 bits per heavy atom. The van der Waals surface area contributed by atoms with Crippen LogP contribution in [0.5, 0.6) is 11.5 Å². The number of nitrogens with one attached hydrogen (secondary N) is 1. The molecule has 2 aromatic carbocycles. The smallest absolute Gasteiger partial charge is 0.255 e. The van der Waals surface area contributed by atoms with E-state index in [4.69, 9.17) is 14.2 Å². The Morgan fingerprint density at radius 2 is 2.15 bits per heavy atom. The predicted molar refractivity (Wildman–Crippen MR) is 109 cm³/mol. The molecular formula is C21H24BrNO4. The Morgan fingerprint density at radius 3 is 2.89 bits per heavy atom. The highest BCUT2D eigenvalue weighted by molar-refractivity contribution is 9.10. The third-order valence-corrected chi connectivity index (χ3v) is 4.83. The zero-order chi connectivity index (χ0) is 19.1. The first-order chi connectivity index (χ1) is 13.2. The van der Waals surface area contributed by atoms with Crippen molar-refractivity contribution < 1.29 is 19.0 Å². The molecule has 3 rings (SSSR count). The molecule has 1 unspecified atom stereocenters. The van der Waals surface area contributed by atoms with Gasteiger partial charge >= 0.3 is 0 Å². The Hall–Kier alpha value is -2.05. The van der Waals surface area contributed by atoms with Gasteiger partial charge in [0.15, 0.2) is 0 Å². The van der Waals surface area contributed by atoms with E-state index in [9.17, 15) is 4.79 Å². The molecule has 1 aliphatic heterocycles. The fourth-order valence-corrected chi connectivity index (χ4v) is 3.30. The van der Waals surface area contributed by atoms with Crippen molar-refractivity contribution in [2.24, 2.45) is 0 Å². The van der Waals surface area contributed by atoms with Crippen LogP contribution >= 0.6 is 15.9 Å². The summed E-state index contributed by atoms with van der Waals surface area (Å²) in [5, 5.41) is 2.90. The van der Waals surface area contributed by atoms with Gasteiger partial charge in [0.25, 0.3) is 5.91 Å². The predicted octanol–water partition coefficient (Wildman–Crippen LogP) is 5.05. The molecule has 0 saturated carbocycles. The maximum atomic E-state index is 12.5. The van der Waals surface area contributed by atoms with Gasteiger partial charge in [-0.1, -0.05) is 13.0 Å². The number of carbonyl (C=O) groups excluding carboxylic acids is 1. The fourth-order valence-electron chi connectivity index (χ4n) is 2.80. The van der Waals surface area contributed by atoms with Crippen LogP contribution in [0.15, 0.2) is 46.9 Å². The van der Waals surface area contributed by atoms with Gasteiger partial charge in [-0.3, -0.25) is 4.79 Å². The van der Waals surface area contributed by atoms with Gasteiger partial charge in [-0.15, -0.1) is 0 Å². The summed E-state index contributed by atoms with van der Waals surface area (Å²) in [6, 6.07) is 12.7. The maximum Gasteiger partial charge on any atom is 0.255 e. The Kier molecular flexibility index (Phi) is 7.12. The van der Waals surface area contributed by atoms with Gasteiger partial charge in [-0.2, -0.15) is 0 Å². The molecule has 144 valence electrons. The summed E-state index contributed by atoms with van der Waals surface area (Å²) in [5.41, 5.74) is 1.25. The first kappa shape index (κ1) is 19.7. The molecule has 1 heterocycles. The quantitative estimate of drug-likeness (QED) is 0.632. The largest absolute Gasteiger partial charge is 0.494 e. The Balaban J connectivity index is 1.60. The molecule has 0 aromatic heterocycles. The van der Waals surface area contributed by atoms with E-state index in [-0.39, 0.29) is 12.0 Å². The van der Waals surface area contributed by atoms with Crippen molar-refractivity contribution in [1.82, 2.24) is 0 Å². The molecule has 1 saturated heterocycles. The molecule has 1 aliphatic rings. The number of carbonyl (C=O) groups is 1. The first-order valence-electron chi connectivity index (χ1n) is 9.24. The van der Waals surface area contributed by atoms with Crippen LogP contribution < -0.4 is 14.8 Å². The van der Waals surface area contributed by atoms with E-state index in [1.165, 1.54) is 0 Å². The van der Waals surface area contributed by atoms with Crippen molar-refractivity contribution in [3.05, 3.63) is 52.5 Å². The zero-order valence-electron chi connectivity index (χ0n) is 15.4. The van der Waals surface area contributed by atoms with Crippen molar-refractivity contribution >= 4 is 27.5 Å². The van der Waals surface area contributed by atoms with Crippen LogP contribution in [-0.2, 0) is 4.74 Å². The summed E-state index contributed by atoms with van der Waals surface area (Å²) in [6.45, 7) is 4.03. The molecule has 27 heavy (non-hydrogen) atoms. The van der Waals surface area contributed by atoms with Crippen LogP contribution in [0.2, 0.25) is 0 Å². The summed E-state index contributed by atoms with van der Waals surface area (Å²) in [5.74, 6) is 1.26. The van der Waals surface area contributed by atoms with E-state index in [1.54, 1.807) is 18.2 Å². The van der Waals surface area contributed by atoms with Crippen molar-refractivity contribution in [1.29, 1.82) is 0 Å². The average Bonchev–Trinajstić information content (AvgIpc) is 3.19. The molecule has 0 bridgehead atoms. The number of amides is 1. The maximum absolute atomic E-state index is 12.5. The lowest BCUT2D eigenvalue weighted by atomic mass is 10.2. The van der Waals surface area contributed by atoms with Crippen LogP contribution in [0, 0.1) is 0 Å². The van der Waals surface area contributed by atoms with E-state index < -0.39 is 0 Å². The molecule has 0 radical (unpaired) electrons. The number of hydrogen-bond acceptors (Lipinski definition) is 4. The summed E-state index contributed by atoms with van der Waals surface area (Å²) >= 11 is 3.48. The van der Waals surface area contributed by atoms with Crippen LogP contribution in [-0.4, -0.2) is 31.8 Å². The molecule has 2 aromatic rings. The minimum Gasteiger partial charge on any atom is -0.494 e. The van der Waals surface area contributed by atoms with E-state index in [0.29, 0.717) is 30.2 Å². The number of benzene rings is 2. The second-order valence-electron chi connectivity index (χ2n) is 6.42. The third kappa shape index (κ3) is 5.71. The third-order valence-electron chi connectivity index (χ3n) is 4.21. The van der Waals surface area contributed by atoms with Crippen molar-refractivity contribution in [3.8, 4) is 11.5 Å². The standard InChI is InChI=1S/C21H24BrNO4/c1-2-10-25-17-6-3-5-16(13-17)23-21(24)15-8-9-20(19(22)12-15)27-14-18-7-4-11-26-18/h3,5-6,8-9,12-13,18H,2,4,7,10-11,14H2,1H3,(H,23,24). The summed E-state index contributed by atoms with van der Waals surface area (Å²) < 4.78 is 17.7. The van der Waals surface area contributed by atoms with E-state index in [1.807, 2.05) is 24.3 Å². The molecule has 0 spiro atoms. The van der Waals surface area contributed by atoms with Gasteiger partial charge in [0, 0.05) is 23.9 Å². The van der Waals surface area contributed by atoms with Gasteiger partial charge in [-0.25, -0.2) is 0 Å². The second kappa shape index (κ2) is 9.76. The summed E-state index contributed by atoms with van der Waals surface area (Å²) in [6.07, 6.45) is 3.20. The van der Waals surface area contributed by atoms with Crippen LogP contribution in [0.4, 0.5) is 5.69 Å². The summed E-state index contributed by atoms with van der Waals surface area (Å²) in [7, 11) is 0. The average molecular weight is 434 g/mol. The normalized spacial score (nSPS) is 16.1. The first-order valence-corrected chi connectivity index (χ1v) is 10.0. The zero-order valence-corrected chi connectivity index (χ0v) is 17.0. The molecular weight excluding hydrogens is 410 g/mol. The molecule has 1 atom stereocenters. The van der Waals surface area contributed by atoms with Crippen molar-refractivity contribution in [2.45, 2.75) is 32.3 Å². The molecule has 6 heteroatoms. The number of ether oxygens (including phenoxy) is 3.